The van der Waals surface area contributed by atoms with Gasteiger partial charge in [-0.05, 0) is 51.4 Å². The fourth-order valence-electron chi connectivity index (χ4n) is 6.52. The quantitative estimate of drug-likeness (QED) is 0.289. The summed E-state index contributed by atoms with van der Waals surface area (Å²) in [5, 5.41) is 44.6. The Hall–Kier alpha value is -2.70. The van der Waals surface area contributed by atoms with Crippen molar-refractivity contribution in [1.82, 2.24) is 9.80 Å². The van der Waals surface area contributed by atoms with E-state index in [-0.39, 0.29) is 66.5 Å². The Bertz CT molecular complexity index is 1330. The molecule has 13 heteroatoms. The minimum atomic E-state index is -2.73. The van der Waals surface area contributed by atoms with Crippen LogP contribution >= 0.6 is 24.8 Å². The topological polar surface area (TPSA) is 165 Å². The van der Waals surface area contributed by atoms with Gasteiger partial charge in [-0.15, -0.1) is 24.8 Å². The molecule has 10 nitrogen and oxygen atoms in total. The minimum absolute atomic E-state index is 0. The Morgan fingerprint density at radius 2 is 1.80 bits per heavy atom. The van der Waals surface area contributed by atoms with Crippen LogP contribution in [0.2, 0.25) is 0 Å². The van der Waals surface area contributed by atoms with Crippen molar-refractivity contribution in [1.29, 1.82) is 0 Å². The van der Waals surface area contributed by atoms with Crippen LogP contribution in [0.3, 0.4) is 0 Å². The second kappa shape index (κ2) is 12.3. The van der Waals surface area contributed by atoms with Gasteiger partial charge in [0.2, 0.25) is 5.78 Å². The van der Waals surface area contributed by atoms with Gasteiger partial charge in [0.1, 0.15) is 28.7 Å². The van der Waals surface area contributed by atoms with E-state index in [4.69, 9.17) is 5.73 Å². The van der Waals surface area contributed by atoms with E-state index in [0.29, 0.717) is 19.0 Å². The van der Waals surface area contributed by atoms with Gasteiger partial charge in [-0.3, -0.25) is 24.2 Å². The minimum Gasteiger partial charge on any atom is -0.508 e. The highest BCUT2D eigenvalue weighted by Crippen LogP contribution is 2.53. The fourth-order valence-corrected chi connectivity index (χ4v) is 6.52. The number of phenolic OH excluding ortho intramolecular Hbond substituents is 1. The van der Waals surface area contributed by atoms with Crippen molar-refractivity contribution in [2.45, 2.75) is 51.8 Å². The van der Waals surface area contributed by atoms with Crippen molar-refractivity contribution in [2.24, 2.45) is 23.5 Å². The summed E-state index contributed by atoms with van der Waals surface area (Å²) < 4.78 is 15.9. The van der Waals surface area contributed by atoms with E-state index in [1.54, 1.807) is 0 Å². The maximum atomic E-state index is 15.9. The first-order chi connectivity index (χ1) is 18.2. The number of likely N-dealkylation sites (N-methyl/N-ethyl adjacent to an activating group) is 1. The average molecular weight is 619 g/mol. The molecule has 1 saturated carbocycles. The summed E-state index contributed by atoms with van der Waals surface area (Å²) >= 11 is 0. The number of aliphatic hydroxyl groups is 3. The summed E-state index contributed by atoms with van der Waals surface area (Å²) in [6.07, 6.45) is -0.178. The zero-order chi connectivity index (χ0) is 29.1. The number of hydrogen-bond donors (Lipinski definition) is 5. The van der Waals surface area contributed by atoms with Gasteiger partial charge in [-0.2, -0.15) is 0 Å². The molecule has 4 rings (SSSR count). The van der Waals surface area contributed by atoms with Gasteiger partial charge in [0, 0.05) is 35.7 Å². The molecule has 228 valence electrons. The SMILES string of the molecule is CCN(Cc1cc(O)c2c(c1F)C[C@H]1C[C@H]3[C@H](N(C)C)C(=O)C(C(N)=O)=C(O)[C@@]3(O)C(=O)C1=C2O)CC(C)C.Cl.Cl. The Balaban J connectivity index is 0.00000294. The van der Waals surface area contributed by atoms with Gasteiger partial charge in [0.05, 0.1) is 11.6 Å². The lowest BCUT2D eigenvalue weighted by molar-refractivity contribution is -0.153. The van der Waals surface area contributed by atoms with Crippen molar-refractivity contribution < 1.29 is 39.2 Å². The maximum absolute atomic E-state index is 15.9. The highest BCUT2D eigenvalue weighted by atomic mass is 35.5. The number of rotatable bonds is 7. The lowest BCUT2D eigenvalue weighted by Crippen LogP contribution is -2.65. The lowest BCUT2D eigenvalue weighted by Gasteiger charge is -2.50. The summed E-state index contributed by atoms with van der Waals surface area (Å²) in [4.78, 5) is 42.5. The number of aromatic hydroxyl groups is 1. The normalized spacial score (nSPS) is 25.6. The predicted octanol–water partition coefficient (Wildman–Crippen LogP) is 2.42. The number of hydrogen-bond acceptors (Lipinski definition) is 9. The zero-order valence-corrected chi connectivity index (χ0v) is 25.2. The molecule has 0 spiro atoms. The molecule has 3 aliphatic rings. The molecule has 0 unspecified atom stereocenters. The van der Waals surface area contributed by atoms with Crippen molar-refractivity contribution in [3.05, 3.63) is 45.5 Å². The molecule has 4 atom stereocenters. The molecule has 1 aromatic rings. The number of primary amides is 1. The Morgan fingerprint density at radius 3 is 2.32 bits per heavy atom. The van der Waals surface area contributed by atoms with Crippen LogP contribution in [0.4, 0.5) is 4.39 Å². The molecular weight excluding hydrogens is 580 g/mol. The van der Waals surface area contributed by atoms with Gasteiger partial charge in [0.15, 0.2) is 11.4 Å². The molecule has 0 bridgehead atoms. The summed E-state index contributed by atoms with van der Waals surface area (Å²) in [5.74, 6) is -7.85. The van der Waals surface area contributed by atoms with Gasteiger partial charge in [-0.25, -0.2) is 4.39 Å². The van der Waals surface area contributed by atoms with E-state index in [9.17, 15) is 34.8 Å². The van der Waals surface area contributed by atoms with Gasteiger partial charge in [-0.1, -0.05) is 20.8 Å². The van der Waals surface area contributed by atoms with Crippen LogP contribution in [0.25, 0.3) is 5.76 Å². The van der Waals surface area contributed by atoms with Crippen molar-refractivity contribution in [3.63, 3.8) is 0 Å². The number of aliphatic hydroxyl groups excluding tert-OH is 2. The number of nitrogens with zero attached hydrogens (tertiary/aromatic N) is 2. The molecule has 0 aromatic heterocycles. The third-order valence-electron chi connectivity index (χ3n) is 8.19. The van der Waals surface area contributed by atoms with Gasteiger partial charge >= 0.3 is 0 Å². The second-order valence-corrected chi connectivity index (χ2v) is 11.4. The van der Waals surface area contributed by atoms with Crippen LogP contribution in [0, 0.1) is 23.6 Å². The number of amides is 1. The molecule has 1 fully saturated rings. The van der Waals surface area contributed by atoms with Crippen molar-refractivity contribution >= 4 is 48.0 Å². The largest absolute Gasteiger partial charge is 0.508 e. The van der Waals surface area contributed by atoms with Crippen LogP contribution in [0.1, 0.15) is 43.9 Å². The van der Waals surface area contributed by atoms with Crippen molar-refractivity contribution in [2.75, 3.05) is 27.2 Å². The average Bonchev–Trinajstić information content (AvgIpc) is 2.83. The molecule has 41 heavy (non-hydrogen) atoms. The van der Waals surface area contributed by atoms with Gasteiger partial charge in [0.25, 0.3) is 5.91 Å². The summed E-state index contributed by atoms with van der Waals surface area (Å²) in [5.41, 5.74) is 1.45. The third kappa shape index (κ3) is 5.34. The molecule has 0 aliphatic heterocycles. The molecule has 3 aliphatic carbocycles. The number of halogens is 3. The van der Waals surface area contributed by atoms with Crippen molar-refractivity contribution in [3.8, 4) is 5.75 Å². The zero-order valence-electron chi connectivity index (χ0n) is 23.6. The number of Topliss-reactive ketones (excluding diaryl/α,β-unsaturated/α-hetero) is 2. The third-order valence-corrected chi connectivity index (χ3v) is 8.19. The van der Waals surface area contributed by atoms with Crippen LogP contribution < -0.4 is 5.73 Å². The van der Waals surface area contributed by atoms with E-state index in [1.807, 2.05) is 25.7 Å². The number of nitrogens with two attached hydrogens (primary N) is 1. The summed E-state index contributed by atoms with van der Waals surface area (Å²) in [6, 6.07) is 0.0318. The van der Waals surface area contributed by atoms with E-state index >= 15 is 4.39 Å². The predicted molar refractivity (Wildman–Crippen MR) is 154 cm³/mol. The first-order valence-corrected chi connectivity index (χ1v) is 13.1. The molecule has 0 saturated heterocycles. The molecule has 0 heterocycles. The highest BCUT2D eigenvalue weighted by Gasteiger charge is 2.64. The highest BCUT2D eigenvalue weighted by molar-refractivity contribution is 6.24. The van der Waals surface area contributed by atoms with Crippen LogP contribution in [0.15, 0.2) is 23.0 Å². The van der Waals surface area contributed by atoms with E-state index in [1.165, 1.54) is 25.1 Å². The number of phenols is 1. The first kappa shape index (κ1) is 34.5. The number of benzene rings is 1. The Labute approximate surface area is 250 Å². The number of fused-ring (bicyclic) bond motifs is 3. The molecule has 0 radical (unpaired) electrons. The monoisotopic (exact) mass is 617 g/mol. The number of carbonyl (C=O) groups excluding carboxylic acids is 3. The van der Waals surface area contributed by atoms with Crippen LogP contribution in [-0.2, 0) is 27.3 Å². The number of ketones is 2. The standard InChI is InChI=1S/C28H36FN3O7.2ClH/c1-6-32(10-12(2)3)11-14-9-17(33)19-15(21(14)29)7-13-8-16-22(31(4)5)24(35)20(27(30)38)26(37)28(16,39)25(36)18(13)23(19)34;;/h9,12-13,16,22,33-34,37,39H,6-8,10-11H2,1-5H3,(H2,30,38);2*1H/t13-,16-,22-,28-;;/m0../s1. The fraction of sp³-hybridized carbons (Fsp3) is 0.536. The summed E-state index contributed by atoms with van der Waals surface area (Å²) in [7, 11) is 3.04. The van der Waals surface area contributed by atoms with Crippen LogP contribution in [0.5, 0.6) is 5.75 Å². The first-order valence-electron chi connectivity index (χ1n) is 13.1. The Kier molecular flexibility index (Phi) is 10.3. The Morgan fingerprint density at radius 1 is 1.20 bits per heavy atom. The maximum Gasteiger partial charge on any atom is 0.255 e. The van der Waals surface area contributed by atoms with E-state index in [0.717, 1.165) is 0 Å². The number of carbonyl (C=O) groups is 3. The van der Waals surface area contributed by atoms with E-state index < -0.39 is 69.6 Å². The van der Waals surface area contributed by atoms with E-state index in [2.05, 4.69) is 0 Å². The molecule has 1 amide bonds. The lowest BCUT2D eigenvalue weighted by atomic mass is 9.57. The molecule has 6 N–H and O–H groups in total. The van der Waals surface area contributed by atoms with Crippen LogP contribution in [-0.4, -0.2) is 86.5 Å². The second-order valence-electron chi connectivity index (χ2n) is 11.4. The molecular formula is C28H38Cl2FN3O7. The van der Waals surface area contributed by atoms with Gasteiger partial charge < -0.3 is 26.2 Å². The summed E-state index contributed by atoms with van der Waals surface area (Å²) in [6.45, 7) is 7.65. The molecule has 1 aromatic carbocycles. The smallest absolute Gasteiger partial charge is 0.255 e.